The molecule has 1 unspecified atom stereocenters. The van der Waals surface area contributed by atoms with Gasteiger partial charge in [0.15, 0.2) is 0 Å². The summed E-state index contributed by atoms with van der Waals surface area (Å²) in [6, 6.07) is 26.0. The normalized spacial score (nSPS) is 17.3. The van der Waals surface area contributed by atoms with E-state index in [1.54, 1.807) is 11.7 Å². The molecule has 1 saturated heterocycles. The number of piperazine rings is 1. The summed E-state index contributed by atoms with van der Waals surface area (Å²) in [6.07, 6.45) is 3.61. The first kappa shape index (κ1) is 28.8. The van der Waals surface area contributed by atoms with E-state index in [-0.39, 0.29) is 18.2 Å². The number of nitrogens with one attached hydrogen (secondary N) is 2. The predicted molar refractivity (Wildman–Crippen MR) is 167 cm³/mol. The van der Waals surface area contributed by atoms with E-state index in [1.807, 2.05) is 48.7 Å². The third-order valence-corrected chi connectivity index (χ3v) is 8.75. The van der Waals surface area contributed by atoms with Crippen LogP contribution in [0.4, 0.5) is 0 Å². The van der Waals surface area contributed by atoms with Crippen LogP contribution in [0.1, 0.15) is 29.7 Å². The minimum absolute atomic E-state index is 0.123. The van der Waals surface area contributed by atoms with Gasteiger partial charge in [0.05, 0.1) is 23.0 Å². The third-order valence-electron chi connectivity index (χ3n) is 8.75. The molecule has 2 N–H and O–H groups in total. The van der Waals surface area contributed by atoms with Gasteiger partial charge in [0.25, 0.3) is 0 Å². The first-order chi connectivity index (χ1) is 20.9. The molecule has 1 aliphatic heterocycles. The van der Waals surface area contributed by atoms with Crippen molar-refractivity contribution in [2.45, 2.75) is 37.3 Å². The maximum absolute atomic E-state index is 13.3. The van der Waals surface area contributed by atoms with Gasteiger partial charge in [0.1, 0.15) is 6.04 Å². The number of hydrogen-bond acceptors (Lipinski definition) is 6. The average Bonchev–Trinajstić information content (AvgIpc) is 3.74. The summed E-state index contributed by atoms with van der Waals surface area (Å²) >= 11 is 0. The number of carbonyl (C=O) groups is 2. The highest BCUT2D eigenvalue weighted by Crippen LogP contribution is 2.48. The van der Waals surface area contributed by atoms with E-state index in [0.717, 1.165) is 62.4 Å². The molecule has 222 valence electrons. The van der Waals surface area contributed by atoms with Crippen LogP contribution in [0.3, 0.4) is 0 Å². The zero-order valence-corrected chi connectivity index (χ0v) is 24.9. The standard InChI is InChI=1S/C34H39N7O2/c1-35-32(42)31(36-33(43)34(16-17-34)28-6-4-3-5-7-28)22-29-24-41(38-37-29)30-14-12-27(13-15-30)26-10-8-25(9-11-26)23-40-20-18-39(2)19-21-40/h3-15,24,31H,16-23H2,1-2H3,(H,35,42)(H,36,43). The van der Waals surface area contributed by atoms with E-state index < -0.39 is 11.5 Å². The Bertz CT molecular complexity index is 1540. The second-order valence-corrected chi connectivity index (χ2v) is 11.8. The minimum Gasteiger partial charge on any atom is -0.357 e. The molecule has 3 aromatic carbocycles. The van der Waals surface area contributed by atoms with E-state index in [2.05, 4.69) is 74.2 Å². The van der Waals surface area contributed by atoms with Crippen LogP contribution >= 0.6 is 0 Å². The largest absolute Gasteiger partial charge is 0.357 e. The van der Waals surface area contributed by atoms with Gasteiger partial charge in [-0.15, -0.1) is 5.10 Å². The summed E-state index contributed by atoms with van der Waals surface area (Å²) in [7, 11) is 3.76. The molecule has 1 aromatic heterocycles. The fraction of sp³-hybridized carbons (Fsp3) is 0.353. The Morgan fingerprint density at radius 1 is 0.884 bits per heavy atom. The number of rotatable bonds is 10. The van der Waals surface area contributed by atoms with E-state index in [4.69, 9.17) is 0 Å². The van der Waals surface area contributed by atoms with Crippen molar-refractivity contribution in [3.8, 4) is 16.8 Å². The Hall–Kier alpha value is -4.34. The number of nitrogens with zero attached hydrogens (tertiary/aromatic N) is 5. The fourth-order valence-corrected chi connectivity index (χ4v) is 5.81. The van der Waals surface area contributed by atoms with Crippen LogP contribution in [0, 0.1) is 0 Å². The Labute approximate surface area is 252 Å². The molecule has 43 heavy (non-hydrogen) atoms. The molecule has 1 atom stereocenters. The Morgan fingerprint density at radius 2 is 1.53 bits per heavy atom. The zero-order valence-electron chi connectivity index (χ0n) is 24.9. The van der Waals surface area contributed by atoms with Crippen LogP contribution in [-0.2, 0) is 28.0 Å². The second kappa shape index (κ2) is 12.5. The van der Waals surface area contributed by atoms with E-state index >= 15 is 0 Å². The summed E-state index contributed by atoms with van der Waals surface area (Å²) in [5.74, 6) is -0.381. The number of likely N-dealkylation sites (N-methyl/N-ethyl adjacent to an activating group) is 2. The number of amides is 2. The van der Waals surface area contributed by atoms with Crippen molar-refractivity contribution < 1.29 is 9.59 Å². The molecule has 2 heterocycles. The molecule has 4 aromatic rings. The quantitative estimate of drug-likeness (QED) is 0.301. The highest BCUT2D eigenvalue weighted by molar-refractivity contribution is 5.95. The van der Waals surface area contributed by atoms with Crippen LogP contribution in [0.2, 0.25) is 0 Å². The zero-order chi connectivity index (χ0) is 29.8. The number of aromatic nitrogens is 3. The molecule has 1 aliphatic carbocycles. The van der Waals surface area contributed by atoms with Crippen molar-refractivity contribution in [3.63, 3.8) is 0 Å². The van der Waals surface area contributed by atoms with Gasteiger partial charge >= 0.3 is 0 Å². The van der Waals surface area contributed by atoms with E-state index in [1.165, 1.54) is 11.1 Å². The van der Waals surface area contributed by atoms with Gasteiger partial charge in [-0.25, -0.2) is 4.68 Å². The van der Waals surface area contributed by atoms with Crippen LogP contribution < -0.4 is 10.6 Å². The number of benzene rings is 3. The van der Waals surface area contributed by atoms with Gasteiger partial charge in [-0.05, 0) is 54.3 Å². The lowest BCUT2D eigenvalue weighted by Gasteiger charge is -2.32. The lowest BCUT2D eigenvalue weighted by molar-refractivity contribution is -0.130. The van der Waals surface area contributed by atoms with Crippen LogP contribution in [0.15, 0.2) is 85.1 Å². The molecule has 0 radical (unpaired) electrons. The summed E-state index contributed by atoms with van der Waals surface area (Å²) in [5, 5.41) is 14.3. The summed E-state index contributed by atoms with van der Waals surface area (Å²) in [4.78, 5) is 30.9. The van der Waals surface area contributed by atoms with Crippen LogP contribution in [-0.4, -0.2) is 82.9 Å². The molecule has 0 spiro atoms. The Balaban J connectivity index is 1.09. The highest BCUT2D eigenvalue weighted by Gasteiger charge is 2.51. The van der Waals surface area contributed by atoms with Crippen molar-refractivity contribution in [2.24, 2.45) is 0 Å². The molecule has 9 heteroatoms. The van der Waals surface area contributed by atoms with Crippen molar-refractivity contribution in [1.29, 1.82) is 0 Å². The molecule has 0 bridgehead atoms. The lowest BCUT2D eigenvalue weighted by atomic mass is 9.94. The SMILES string of the molecule is CNC(=O)C(Cc1cn(-c2ccc(-c3ccc(CN4CCN(C)CC4)cc3)cc2)nn1)NC(=O)C1(c2ccccc2)CC1. The van der Waals surface area contributed by atoms with Crippen molar-refractivity contribution in [3.05, 3.63) is 102 Å². The average molecular weight is 578 g/mol. The Morgan fingerprint density at radius 3 is 2.16 bits per heavy atom. The highest BCUT2D eigenvalue weighted by atomic mass is 16.2. The van der Waals surface area contributed by atoms with Gasteiger partial charge in [-0.3, -0.25) is 14.5 Å². The molecule has 2 aliphatic rings. The molecule has 1 saturated carbocycles. The van der Waals surface area contributed by atoms with Gasteiger partial charge in [0.2, 0.25) is 11.8 Å². The maximum atomic E-state index is 13.3. The van der Waals surface area contributed by atoms with Gasteiger partial charge in [0, 0.05) is 46.2 Å². The monoisotopic (exact) mass is 577 g/mol. The first-order valence-electron chi connectivity index (χ1n) is 15.0. The van der Waals surface area contributed by atoms with E-state index in [9.17, 15) is 9.59 Å². The van der Waals surface area contributed by atoms with E-state index in [0.29, 0.717) is 5.69 Å². The van der Waals surface area contributed by atoms with Crippen LogP contribution in [0.5, 0.6) is 0 Å². The van der Waals surface area contributed by atoms with Gasteiger partial charge in [-0.1, -0.05) is 71.9 Å². The van der Waals surface area contributed by atoms with Crippen molar-refractivity contribution in [2.75, 3.05) is 40.3 Å². The van der Waals surface area contributed by atoms with Crippen molar-refractivity contribution in [1.82, 2.24) is 35.4 Å². The molecule has 6 rings (SSSR count). The molecular formula is C34H39N7O2. The maximum Gasteiger partial charge on any atom is 0.242 e. The topological polar surface area (TPSA) is 95.4 Å². The lowest BCUT2D eigenvalue weighted by Crippen LogP contribution is -2.50. The molecule has 2 amide bonds. The van der Waals surface area contributed by atoms with Gasteiger partial charge < -0.3 is 15.5 Å². The minimum atomic E-state index is -0.745. The molecular weight excluding hydrogens is 538 g/mol. The van der Waals surface area contributed by atoms with Crippen molar-refractivity contribution >= 4 is 11.8 Å². The molecule has 2 fully saturated rings. The fourth-order valence-electron chi connectivity index (χ4n) is 5.81. The number of carbonyl (C=O) groups excluding carboxylic acids is 2. The number of hydrogen-bond donors (Lipinski definition) is 2. The smallest absolute Gasteiger partial charge is 0.242 e. The Kier molecular flexibility index (Phi) is 8.35. The summed E-state index contributed by atoms with van der Waals surface area (Å²) < 4.78 is 1.70. The third kappa shape index (κ3) is 6.53. The second-order valence-electron chi connectivity index (χ2n) is 11.8. The van der Waals surface area contributed by atoms with Gasteiger partial charge in [-0.2, -0.15) is 0 Å². The van der Waals surface area contributed by atoms with Crippen LogP contribution in [0.25, 0.3) is 16.8 Å². The summed E-state index contributed by atoms with van der Waals surface area (Å²) in [5.41, 5.74) is 5.55. The predicted octanol–water partition coefficient (Wildman–Crippen LogP) is 3.19. The summed E-state index contributed by atoms with van der Waals surface area (Å²) in [6.45, 7) is 5.45. The first-order valence-corrected chi connectivity index (χ1v) is 15.0. The molecule has 9 nitrogen and oxygen atoms in total.